The lowest BCUT2D eigenvalue weighted by molar-refractivity contribution is -0.177. The summed E-state index contributed by atoms with van der Waals surface area (Å²) in [5, 5.41) is 7.13. The fourth-order valence-corrected chi connectivity index (χ4v) is 2.56. The topological polar surface area (TPSA) is 60.2 Å². The first-order valence-corrected chi connectivity index (χ1v) is 7.20. The molecule has 0 aliphatic heterocycles. The molecule has 1 aliphatic rings. The van der Waals surface area contributed by atoms with Gasteiger partial charge >= 0.3 is 6.18 Å². The van der Waals surface area contributed by atoms with Crippen LogP contribution >= 0.6 is 0 Å². The molecular weight excluding hydrogens is 287 g/mol. The van der Waals surface area contributed by atoms with Crippen molar-refractivity contribution in [2.24, 2.45) is 0 Å². The molecular formula is C13H20F3N3O2. The fourth-order valence-electron chi connectivity index (χ4n) is 2.56. The highest BCUT2D eigenvalue weighted by molar-refractivity contribution is 5.02. The first kappa shape index (κ1) is 16.2. The van der Waals surface area contributed by atoms with Crippen LogP contribution in [-0.2, 0) is 11.3 Å². The van der Waals surface area contributed by atoms with E-state index >= 15 is 0 Å². The van der Waals surface area contributed by atoms with E-state index in [0.717, 1.165) is 32.2 Å². The van der Waals surface area contributed by atoms with Crippen LogP contribution in [0.15, 0.2) is 4.52 Å². The van der Waals surface area contributed by atoms with Crippen LogP contribution in [0.5, 0.6) is 0 Å². The van der Waals surface area contributed by atoms with Gasteiger partial charge in [0.15, 0.2) is 5.82 Å². The number of nitrogens with zero attached hydrogens (tertiary/aromatic N) is 2. The predicted octanol–water partition coefficient (Wildman–Crippen LogP) is 2.78. The molecule has 1 aliphatic carbocycles. The molecule has 21 heavy (non-hydrogen) atoms. The molecule has 1 aromatic rings. The number of rotatable bonds is 7. The van der Waals surface area contributed by atoms with Gasteiger partial charge in [0.1, 0.15) is 13.2 Å². The molecule has 0 spiro atoms. The van der Waals surface area contributed by atoms with E-state index in [1.54, 1.807) is 0 Å². The summed E-state index contributed by atoms with van der Waals surface area (Å²) in [6, 6.07) is 0.300. The van der Waals surface area contributed by atoms with Crippen molar-refractivity contribution in [3.05, 3.63) is 11.7 Å². The minimum Gasteiger partial charge on any atom is -0.364 e. The van der Waals surface area contributed by atoms with Gasteiger partial charge in [0.25, 0.3) is 0 Å². The van der Waals surface area contributed by atoms with Gasteiger partial charge < -0.3 is 14.6 Å². The van der Waals surface area contributed by atoms with Crippen molar-refractivity contribution in [1.82, 2.24) is 15.5 Å². The summed E-state index contributed by atoms with van der Waals surface area (Å²) in [6.45, 7) is 1.43. The smallest absolute Gasteiger partial charge is 0.364 e. The maximum Gasteiger partial charge on any atom is 0.411 e. The molecule has 1 saturated carbocycles. The Bertz CT molecular complexity index is 437. The van der Waals surface area contributed by atoms with Gasteiger partial charge in [-0.25, -0.2) is 0 Å². The van der Waals surface area contributed by atoms with E-state index < -0.39 is 12.8 Å². The van der Waals surface area contributed by atoms with Gasteiger partial charge in [-0.3, -0.25) is 0 Å². The van der Waals surface area contributed by atoms with Gasteiger partial charge in [-0.1, -0.05) is 18.5 Å². The maximum atomic E-state index is 12.0. The van der Waals surface area contributed by atoms with E-state index in [9.17, 15) is 13.2 Å². The Morgan fingerprint density at radius 2 is 2.19 bits per heavy atom. The van der Waals surface area contributed by atoms with Gasteiger partial charge in [-0.2, -0.15) is 18.2 Å². The summed E-state index contributed by atoms with van der Waals surface area (Å²) in [5.41, 5.74) is 0. The van der Waals surface area contributed by atoms with Crippen LogP contribution in [0.2, 0.25) is 0 Å². The SMILES string of the molecule is CCCNC1CCCC1c1nc(COCC(F)(F)F)no1. The molecule has 1 fully saturated rings. The maximum absolute atomic E-state index is 12.0. The number of ether oxygens (including phenoxy) is 1. The molecule has 1 aromatic heterocycles. The second kappa shape index (κ2) is 7.22. The Labute approximate surface area is 121 Å². The highest BCUT2D eigenvalue weighted by Gasteiger charge is 2.32. The second-order valence-corrected chi connectivity index (χ2v) is 5.25. The van der Waals surface area contributed by atoms with Crippen LogP contribution in [0.1, 0.15) is 50.2 Å². The average Bonchev–Trinajstić information content (AvgIpc) is 3.02. The van der Waals surface area contributed by atoms with E-state index in [1.807, 2.05) is 0 Å². The lowest BCUT2D eigenvalue weighted by Gasteiger charge is -2.17. The summed E-state index contributed by atoms with van der Waals surface area (Å²) < 4.78 is 45.6. The van der Waals surface area contributed by atoms with Crippen LogP contribution in [-0.4, -0.2) is 35.5 Å². The molecule has 120 valence electrons. The summed E-state index contributed by atoms with van der Waals surface area (Å²) in [6.07, 6.45) is -0.218. The Morgan fingerprint density at radius 3 is 2.90 bits per heavy atom. The van der Waals surface area contributed by atoms with Crippen LogP contribution in [0.4, 0.5) is 13.2 Å². The Hall–Kier alpha value is -1.15. The largest absolute Gasteiger partial charge is 0.411 e. The average molecular weight is 307 g/mol. The molecule has 0 bridgehead atoms. The number of alkyl halides is 3. The van der Waals surface area contributed by atoms with Gasteiger partial charge in [0.05, 0.1) is 5.92 Å². The summed E-state index contributed by atoms with van der Waals surface area (Å²) in [7, 11) is 0. The normalized spacial score (nSPS) is 22.9. The number of hydrogen-bond acceptors (Lipinski definition) is 5. The molecule has 1 N–H and O–H groups in total. The second-order valence-electron chi connectivity index (χ2n) is 5.25. The highest BCUT2D eigenvalue weighted by atomic mass is 19.4. The molecule has 0 radical (unpaired) electrons. The third-order valence-electron chi connectivity index (χ3n) is 3.47. The van der Waals surface area contributed by atoms with Crippen molar-refractivity contribution in [1.29, 1.82) is 0 Å². The highest BCUT2D eigenvalue weighted by Crippen LogP contribution is 2.33. The van der Waals surface area contributed by atoms with Crippen molar-refractivity contribution < 1.29 is 22.4 Å². The lowest BCUT2D eigenvalue weighted by Crippen LogP contribution is -2.31. The predicted molar refractivity (Wildman–Crippen MR) is 68.7 cm³/mol. The molecule has 0 aromatic carbocycles. The number of aromatic nitrogens is 2. The van der Waals surface area contributed by atoms with Crippen molar-refractivity contribution in [2.75, 3.05) is 13.2 Å². The third kappa shape index (κ3) is 4.96. The first-order valence-electron chi connectivity index (χ1n) is 7.20. The summed E-state index contributed by atoms with van der Waals surface area (Å²) >= 11 is 0. The van der Waals surface area contributed by atoms with Gasteiger partial charge in [0, 0.05) is 6.04 Å². The van der Waals surface area contributed by atoms with E-state index in [4.69, 9.17) is 4.52 Å². The van der Waals surface area contributed by atoms with Crippen molar-refractivity contribution in [2.45, 2.75) is 57.3 Å². The molecule has 2 unspecified atom stereocenters. The number of halogens is 3. The van der Waals surface area contributed by atoms with Crippen LogP contribution in [0, 0.1) is 0 Å². The van der Waals surface area contributed by atoms with Gasteiger partial charge in [-0.15, -0.1) is 0 Å². The Kier molecular flexibility index (Phi) is 5.58. The van der Waals surface area contributed by atoms with E-state index in [0.29, 0.717) is 11.9 Å². The van der Waals surface area contributed by atoms with Crippen molar-refractivity contribution in [3.8, 4) is 0 Å². The molecule has 8 heteroatoms. The zero-order valence-corrected chi connectivity index (χ0v) is 11.9. The van der Waals surface area contributed by atoms with Gasteiger partial charge in [-0.05, 0) is 25.8 Å². The standard InChI is InChI=1S/C13H20F3N3O2/c1-2-6-17-10-5-3-4-9(10)12-18-11(19-21-12)7-20-8-13(14,15)16/h9-10,17H,2-8H2,1H3. The number of nitrogens with one attached hydrogen (secondary N) is 1. The fraction of sp³-hybridized carbons (Fsp3) is 0.846. The van der Waals surface area contributed by atoms with Crippen molar-refractivity contribution in [3.63, 3.8) is 0 Å². The molecule has 5 nitrogen and oxygen atoms in total. The summed E-state index contributed by atoms with van der Waals surface area (Å²) in [4.78, 5) is 4.16. The molecule has 2 rings (SSSR count). The number of hydrogen-bond donors (Lipinski definition) is 1. The Morgan fingerprint density at radius 1 is 1.38 bits per heavy atom. The van der Waals surface area contributed by atoms with Crippen LogP contribution < -0.4 is 5.32 Å². The van der Waals surface area contributed by atoms with Gasteiger partial charge in [0.2, 0.25) is 5.89 Å². The first-order chi connectivity index (χ1) is 9.99. The zero-order valence-electron chi connectivity index (χ0n) is 11.9. The zero-order chi connectivity index (χ0) is 15.3. The lowest BCUT2D eigenvalue weighted by atomic mass is 10.0. The van der Waals surface area contributed by atoms with E-state index in [2.05, 4.69) is 27.1 Å². The minimum atomic E-state index is -4.34. The summed E-state index contributed by atoms with van der Waals surface area (Å²) in [5.74, 6) is 0.794. The quantitative estimate of drug-likeness (QED) is 0.839. The minimum absolute atomic E-state index is 0.139. The van der Waals surface area contributed by atoms with E-state index in [-0.39, 0.29) is 18.3 Å². The Balaban J connectivity index is 1.87. The van der Waals surface area contributed by atoms with Crippen LogP contribution in [0.25, 0.3) is 0 Å². The third-order valence-corrected chi connectivity index (χ3v) is 3.47. The molecule has 2 atom stereocenters. The molecule has 1 heterocycles. The molecule has 0 saturated heterocycles. The monoisotopic (exact) mass is 307 g/mol. The van der Waals surface area contributed by atoms with Crippen LogP contribution in [0.3, 0.4) is 0 Å². The molecule has 0 amide bonds. The van der Waals surface area contributed by atoms with E-state index in [1.165, 1.54) is 0 Å². The van der Waals surface area contributed by atoms with Crippen molar-refractivity contribution >= 4 is 0 Å².